The predicted octanol–water partition coefficient (Wildman–Crippen LogP) is -4.89. The average molecular weight is 1410 g/mol. The van der Waals surface area contributed by atoms with Crippen LogP contribution in [0.5, 0.6) is 11.5 Å². The zero-order valence-corrected chi connectivity index (χ0v) is 57.3. The van der Waals surface area contributed by atoms with Crippen LogP contribution in [0, 0.1) is 17.8 Å². The number of likely N-dealkylation sites (tertiary alicyclic amines) is 1. The van der Waals surface area contributed by atoms with E-state index in [2.05, 4.69) is 63.2 Å². The van der Waals surface area contributed by atoms with Gasteiger partial charge in [0.25, 0.3) is 0 Å². The van der Waals surface area contributed by atoms with Crippen LogP contribution in [0.4, 0.5) is 0 Å². The molecule has 0 saturated carbocycles. The number of benzene rings is 2. The van der Waals surface area contributed by atoms with Crippen molar-refractivity contribution in [3.8, 4) is 11.5 Å². The SMILES string of the molecule is CC[C@H](C)[C@H](NC(=O)[C@H](CCCN=C(N)N)NC(=O)CNC(=O)[C@@H]1CCCN1C(=O)[C@H](C)NC(=O)[C@H](CC(C)C)NC(=O)[C@H](Cc1ccc(O)cc1)NC(=O)[C@@H](N)C(C)C)C(=O)N[C@@H](CO)C(=O)N[C@@H](CCCN=C(N)N)C(=O)N[C@@H](CC(=O)O)C(=O)N[C@@H](Cc1ccc(O)cc1)C(=O)O. The lowest BCUT2D eigenvalue weighted by Crippen LogP contribution is -2.61. The molecule has 0 aliphatic carbocycles. The van der Waals surface area contributed by atoms with E-state index in [0.717, 1.165) is 0 Å². The number of carboxylic acids is 2. The number of nitrogens with two attached hydrogens (primary N) is 5. The van der Waals surface area contributed by atoms with Crippen molar-refractivity contribution in [3.05, 3.63) is 59.7 Å². The molecule has 100 heavy (non-hydrogen) atoms. The quantitative estimate of drug-likeness (QED) is 0.0168. The molecule has 1 aliphatic rings. The van der Waals surface area contributed by atoms with Crippen molar-refractivity contribution in [2.24, 2.45) is 56.4 Å². The van der Waals surface area contributed by atoms with Crippen LogP contribution in [0.1, 0.15) is 117 Å². The first kappa shape index (κ1) is 83.8. The van der Waals surface area contributed by atoms with E-state index in [-0.39, 0.29) is 113 Å². The Balaban J connectivity index is 1.78. The molecule has 12 atom stereocenters. The molecule has 3 rings (SSSR count). The van der Waals surface area contributed by atoms with Crippen LogP contribution in [0.25, 0.3) is 0 Å². The van der Waals surface area contributed by atoms with Gasteiger partial charge >= 0.3 is 11.9 Å². The van der Waals surface area contributed by atoms with E-state index in [0.29, 0.717) is 17.5 Å². The molecule has 1 heterocycles. The van der Waals surface area contributed by atoms with Crippen molar-refractivity contribution in [3.63, 3.8) is 0 Å². The summed E-state index contributed by atoms with van der Waals surface area (Å²) >= 11 is 0. The first-order valence-corrected chi connectivity index (χ1v) is 32.8. The first-order valence-electron chi connectivity index (χ1n) is 32.8. The Morgan fingerprint density at radius 2 is 1.01 bits per heavy atom. The van der Waals surface area contributed by atoms with Crippen LogP contribution < -0.4 is 81.8 Å². The van der Waals surface area contributed by atoms with Gasteiger partial charge in [0.2, 0.25) is 65.0 Å². The third kappa shape index (κ3) is 29.0. The monoisotopic (exact) mass is 1410 g/mol. The molecule has 1 fully saturated rings. The number of carbonyl (C=O) groups excluding carboxylic acids is 11. The topological polar surface area (TPSA) is 601 Å². The number of rotatable bonds is 42. The van der Waals surface area contributed by atoms with E-state index >= 15 is 0 Å². The van der Waals surface area contributed by atoms with Crippen molar-refractivity contribution < 1.29 is 87.9 Å². The molecule has 2 aromatic carbocycles. The molecule has 36 nitrogen and oxygen atoms in total. The summed E-state index contributed by atoms with van der Waals surface area (Å²) in [6, 6.07) is -4.47. The number of nitrogens with zero attached hydrogens (tertiary/aromatic N) is 3. The molecule has 0 aromatic heterocycles. The van der Waals surface area contributed by atoms with Gasteiger partial charge in [0.15, 0.2) is 11.9 Å². The smallest absolute Gasteiger partial charge is 0.326 e. The fourth-order valence-electron chi connectivity index (χ4n) is 10.3. The van der Waals surface area contributed by atoms with Crippen LogP contribution in [0.2, 0.25) is 0 Å². The van der Waals surface area contributed by atoms with Gasteiger partial charge in [-0.25, -0.2) is 4.79 Å². The number of aliphatic carboxylic acids is 2. The number of carbonyl (C=O) groups is 13. The highest BCUT2D eigenvalue weighted by Gasteiger charge is 2.40. The number of aromatic hydroxyl groups is 2. The van der Waals surface area contributed by atoms with Gasteiger partial charge < -0.3 is 112 Å². The molecule has 2 aromatic rings. The highest BCUT2D eigenvalue weighted by molar-refractivity contribution is 5.99. The van der Waals surface area contributed by atoms with E-state index in [1.807, 2.05) is 13.8 Å². The van der Waals surface area contributed by atoms with Crippen LogP contribution in [0.3, 0.4) is 0 Å². The summed E-state index contributed by atoms with van der Waals surface area (Å²) < 4.78 is 0. The minimum absolute atomic E-state index is 0.0210. The highest BCUT2D eigenvalue weighted by atomic mass is 16.4. The van der Waals surface area contributed by atoms with Crippen LogP contribution in [0.15, 0.2) is 58.5 Å². The second kappa shape index (κ2) is 41.8. The molecular weight excluding hydrogens is 1310 g/mol. The largest absolute Gasteiger partial charge is 0.508 e. The van der Waals surface area contributed by atoms with Crippen molar-refractivity contribution in [2.75, 3.05) is 32.8 Å². The maximum Gasteiger partial charge on any atom is 0.326 e. The van der Waals surface area contributed by atoms with Crippen molar-refractivity contribution in [1.82, 2.24) is 58.1 Å². The van der Waals surface area contributed by atoms with Gasteiger partial charge in [0.1, 0.15) is 71.9 Å². The predicted molar refractivity (Wildman–Crippen MR) is 363 cm³/mol. The zero-order chi connectivity index (χ0) is 75.1. The molecule has 0 unspecified atom stereocenters. The normalized spacial score (nSPS) is 15.9. The van der Waals surface area contributed by atoms with E-state index in [4.69, 9.17) is 28.7 Å². The second-order valence-electron chi connectivity index (χ2n) is 25.2. The Hall–Kier alpha value is -10.4. The highest BCUT2D eigenvalue weighted by Crippen LogP contribution is 2.20. The number of aliphatic hydroxyl groups is 1. The minimum atomic E-state index is -1.93. The molecular formula is C64H100N18O18. The molecule has 1 saturated heterocycles. The maximum absolute atomic E-state index is 14.2. The lowest BCUT2D eigenvalue weighted by Gasteiger charge is -2.29. The summed E-state index contributed by atoms with van der Waals surface area (Å²) in [5.41, 5.74) is 29.0. The van der Waals surface area contributed by atoms with E-state index < -0.39 is 169 Å². The van der Waals surface area contributed by atoms with Gasteiger partial charge in [-0.1, -0.05) is 72.2 Å². The number of nitrogens with one attached hydrogen (secondary N) is 10. The first-order chi connectivity index (χ1) is 47.0. The molecule has 0 radical (unpaired) electrons. The number of phenols is 2. The van der Waals surface area contributed by atoms with Gasteiger partial charge in [-0.3, -0.25) is 67.5 Å². The molecule has 0 bridgehead atoms. The van der Waals surface area contributed by atoms with Gasteiger partial charge in [0.05, 0.1) is 25.6 Å². The van der Waals surface area contributed by atoms with Gasteiger partial charge in [-0.2, -0.15) is 0 Å². The van der Waals surface area contributed by atoms with Gasteiger partial charge in [0, 0.05) is 32.5 Å². The maximum atomic E-state index is 14.2. The zero-order valence-electron chi connectivity index (χ0n) is 57.3. The molecule has 554 valence electrons. The molecule has 0 spiro atoms. The number of phenolic OH excluding ortho intramolecular Hbond substituents is 2. The Morgan fingerprint density at radius 3 is 1.51 bits per heavy atom. The second-order valence-corrected chi connectivity index (χ2v) is 25.2. The number of aliphatic imine (C=N–C) groups is 2. The summed E-state index contributed by atoms with van der Waals surface area (Å²) in [7, 11) is 0. The Labute approximate surface area is 578 Å². The van der Waals surface area contributed by atoms with Crippen molar-refractivity contribution in [2.45, 2.75) is 186 Å². The lowest BCUT2D eigenvalue weighted by molar-refractivity contribution is -0.143. The lowest BCUT2D eigenvalue weighted by atomic mass is 9.97. The summed E-state index contributed by atoms with van der Waals surface area (Å²) in [6.07, 6.45) is -0.990. The van der Waals surface area contributed by atoms with Gasteiger partial charge in [-0.15, -0.1) is 0 Å². The van der Waals surface area contributed by atoms with E-state index in [9.17, 15) is 87.9 Å². The van der Waals surface area contributed by atoms with Gasteiger partial charge in [-0.05, 0) is 105 Å². The molecule has 25 N–H and O–H groups in total. The summed E-state index contributed by atoms with van der Waals surface area (Å²) in [5.74, 6) is -15.0. The number of aliphatic hydroxyl groups excluding tert-OH is 1. The Kier molecular flexibility index (Phi) is 35.0. The summed E-state index contributed by atoms with van der Waals surface area (Å²) in [4.78, 5) is 186. The Morgan fingerprint density at radius 1 is 0.560 bits per heavy atom. The van der Waals surface area contributed by atoms with Crippen LogP contribution in [-0.2, 0) is 75.2 Å². The number of guanidine groups is 2. The Bertz CT molecular complexity index is 3200. The number of amides is 11. The molecule has 1 aliphatic heterocycles. The number of hydrogen-bond acceptors (Lipinski definition) is 19. The average Bonchev–Trinajstić information content (AvgIpc) is 1.55. The van der Waals surface area contributed by atoms with Crippen LogP contribution >= 0.6 is 0 Å². The molecule has 11 amide bonds. The third-order valence-electron chi connectivity index (χ3n) is 16.1. The van der Waals surface area contributed by atoms with E-state index in [1.165, 1.54) is 48.2 Å². The van der Waals surface area contributed by atoms with Crippen molar-refractivity contribution >= 4 is 88.8 Å². The fourth-order valence-corrected chi connectivity index (χ4v) is 10.3. The number of hydrogen-bond donors (Lipinski definition) is 20. The van der Waals surface area contributed by atoms with Crippen molar-refractivity contribution in [1.29, 1.82) is 0 Å². The summed E-state index contributed by atoms with van der Waals surface area (Å²) in [6.45, 7) is 9.84. The third-order valence-corrected chi connectivity index (χ3v) is 16.1. The summed E-state index contributed by atoms with van der Waals surface area (Å²) in [5, 5.41) is 74.4. The minimum Gasteiger partial charge on any atom is -0.508 e. The fraction of sp³-hybridized carbons (Fsp3) is 0.578. The van der Waals surface area contributed by atoms with Crippen LogP contribution in [-0.4, -0.2) is 219 Å². The standard InChI is InChI=1S/C64H100N18O18/c1-8-34(6)51(60(97)80-46(31-83)57(94)75-41(13-10-24-71-64(68)69)52(89)77-44(29-49(87)88)56(93)79-45(62(99)100)28-37-17-21-39(85)22-18-37)81-53(90)40(12-9-23-70-63(66)67)74-48(86)30-72-58(95)47-14-11-25-82(47)61(98)35(7)73-54(91)42(26-32(2)3)76-55(92)43(78-59(96)50(65)33(4)5)27-36-15-19-38(84)20-16-36/h15-22,32-35,40-47,50-51,83-85H,8-14,23-31,65H2,1-7H3,(H,72,95)(H,73,91)(H,74,86)(H,75,94)(H,76,92)(H,77,89)(H,78,96)(H,79,93)(H,80,97)(H,81,90)(H,87,88)(H,99,100)(H4,66,67,70)(H4,68,69,71)/t34-,35-,40-,41-,42-,43-,44-,45-,46-,47-,50-,51-/m0/s1. The van der Waals surface area contributed by atoms with E-state index in [1.54, 1.807) is 39.8 Å². The molecule has 36 heteroatoms. The number of carboxylic acid groups (broad SMARTS) is 2.